The van der Waals surface area contributed by atoms with Crippen LogP contribution in [0.15, 0.2) is 48.5 Å². The van der Waals surface area contributed by atoms with Gasteiger partial charge in [-0.15, -0.1) is 0 Å². The van der Waals surface area contributed by atoms with Crippen LogP contribution >= 0.6 is 0 Å². The van der Waals surface area contributed by atoms with Crippen molar-refractivity contribution in [2.75, 3.05) is 30.0 Å². The van der Waals surface area contributed by atoms with E-state index < -0.39 is 0 Å². The monoisotopic (exact) mass is 381 g/mol. The fourth-order valence-corrected chi connectivity index (χ4v) is 3.65. The van der Waals surface area contributed by atoms with Crippen molar-refractivity contribution in [1.82, 2.24) is 0 Å². The third-order valence-corrected chi connectivity index (χ3v) is 5.18. The van der Waals surface area contributed by atoms with Gasteiger partial charge < -0.3 is 20.3 Å². The highest BCUT2D eigenvalue weighted by molar-refractivity contribution is 5.98. The van der Waals surface area contributed by atoms with Crippen LogP contribution in [0.2, 0.25) is 0 Å². The second-order valence-electron chi connectivity index (χ2n) is 7.12. The Labute approximate surface area is 165 Å². The van der Waals surface area contributed by atoms with E-state index in [1.165, 1.54) is 5.56 Å². The zero-order valence-electron chi connectivity index (χ0n) is 16.4. The van der Waals surface area contributed by atoms with Gasteiger partial charge in [0.25, 0.3) is 0 Å². The molecule has 2 amide bonds. The quantitative estimate of drug-likeness (QED) is 0.800. The van der Waals surface area contributed by atoms with E-state index in [4.69, 9.17) is 10.5 Å². The average molecular weight is 381 g/mol. The van der Waals surface area contributed by atoms with Crippen molar-refractivity contribution in [1.29, 1.82) is 0 Å². The molecule has 0 aliphatic carbocycles. The highest BCUT2D eigenvalue weighted by Gasteiger charge is 2.29. The summed E-state index contributed by atoms with van der Waals surface area (Å²) in [5, 5.41) is 0. The lowest BCUT2D eigenvalue weighted by Crippen LogP contribution is -2.47. The summed E-state index contributed by atoms with van der Waals surface area (Å²) < 4.78 is 5.21. The average Bonchev–Trinajstić information content (AvgIpc) is 2.70. The van der Waals surface area contributed by atoms with Crippen LogP contribution in [0.4, 0.5) is 11.4 Å². The fraction of sp³-hybridized carbons (Fsp3) is 0.364. The lowest BCUT2D eigenvalue weighted by atomic mass is 9.96. The van der Waals surface area contributed by atoms with Crippen LogP contribution in [-0.4, -0.2) is 38.1 Å². The van der Waals surface area contributed by atoms with Gasteiger partial charge in [0, 0.05) is 30.4 Å². The predicted octanol–water partition coefficient (Wildman–Crippen LogP) is 2.74. The molecule has 0 saturated carbocycles. The van der Waals surface area contributed by atoms with Crippen molar-refractivity contribution in [3.63, 3.8) is 0 Å². The number of fused-ring (bicyclic) bond motifs is 1. The van der Waals surface area contributed by atoms with E-state index in [1.807, 2.05) is 52.3 Å². The Morgan fingerprint density at radius 2 is 1.89 bits per heavy atom. The van der Waals surface area contributed by atoms with Gasteiger partial charge in [0.15, 0.2) is 0 Å². The van der Waals surface area contributed by atoms with Crippen molar-refractivity contribution in [3.8, 4) is 5.75 Å². The topological polar surface area (TPSA) is 75.9 Å². The number of benzene rings is 2. The van der Waals surface area contributed by atoms with E-state index in [0.717, 1.165) is 30.0 Å². The van der Waals surface area contributed by atoms with Crippen molar-refractivity contribution in [2.45, 2.75) is 32.2 Å². The number of nitrogens with zero attached hydrogens (tertiary/aromatic N) is 2. The molecule has 148 valence electrons. The molecule has 1 atom stereocenters. The van der Waals surface area contributed by atoms with E-state index in [1.54, 1.807) is 7.11 Å². The molecule has 2 aromatic rings. The first-order chi connectivity index (χ1) is 13.5. The number of hydrogen-bond donors (Lipinski definition) is 1. The Hall–Kier alpha value is -3.02. The second kappa shape index (κ2) is 8.78. The highest BCUT2D eigenvalue weighted by Crippen LogP contribution is 2.31. The summed E-state index contributed by atoms with van der Waals surface area (Å²) in [6.45, 7) is 2.64. The van der Waals surface area contributed by atoms with Gasteiger partial charge in [-0.2, -0.15) is 0 Å². The predicted molar refractivity (Wildman–Crippen MR) is 111 cm³/mol. The number of para-hydroxylation sites is 1. The molecule has 2 N–H and O–H groups in total. The fourth-order valence-electron chi connectivity index (χ4n) is 3.65. The first-order valence-electron chi connectivity index (χ1n) is 9.57. The SMILES string of the molecule is COc1ccc(N(CCC(N)=O)CC(=O)N2c3ccccc3CCC2C)cc1. The highest BCUT2D eigenvalue weighted by atomic mass is 16.5. The molecule has 1 aliphatic rings. The number of rotatable bonds is 7. The summed E-state index contributed by atoms with van der Waals surface area (Å²) in [7, 11) is 1.61. The zero-order valence-corrected chi connectivity index (χ0v) is 16.4. The zero-order chi connectivity index (χ0) is 20.1. The summed E-state index contributed by atoms with van der Waals surface area (Å²) >= 11 is 0. The number of carbonyl (C=O) groups excluding carboxylic acids is 2. The molecule has 1 aliphatic heterocycles. The van der Waals surface area contributed by atoms with Crippen LogP contribution in [0, 0.1) is 0 Å². The molecule has 6 nitrogen and oxygen atoms in total. The Balaban J connectivity index is 1.83. The van der Waals surface area contributed by atoms with Crippen LogP contribution in [0.1, 0.15) is 25.3 Å². The summed E-state index contributed by atoms with van der Waals surface area (Å²) in [5.74, 6) is 0.367. The Morgan fingerprint density at radius 1 is 1.18 bits per heavy atom. The molecule has 0 fully saturated rings. The number of carbonyl (C=O) groups is 2. The van der Waals surface area contributed by atoms with Gasteiger partial charge in [-0.25, -0.2) is 0 Å². The van der Waals surface area contributed by atoms with Crippen molar-refractivity contribution < 1.29 is 14.3 Å². The number of methoxy groups -OCH3 is 1. The molecular weight excluding hydrogens is 354 g/mol. The van der Waals surface area contributed by atoms with Crippen molar-refractivity contribution >= 4 is 23.2 Å². The third kappa shape index (κ3) is 4.44. The molecule has 3 rings (SSSR count). The molecule has 0 bridgehead atoms. The van der Waals surface area contributed by atoms with Gasteiger partial charge in [-0.05, 0) is 55.7 Å². The third-order valence-electron chi connectivity index (χ3n) is 5.18. The molecule has 0 saturated heterocycles. The molecular formula is C22H27N3O3. The molecule has 2 aromatic carbocycles. The number of ether oxygens (including phenoxy) is 1. The smallest absolute Gasteiger partial charge is 0.246 e. The summed E-state index contributed by atoms with van der Waals surface area (Å²) in [6, 6.07) is 15.7. The molecule has 1 heterocycles. The first-order valence-corrected chi connectivity index (χ1v) is 9.57. The maximum atomic E-state index is 13.3. The molecule has 0 radical (unpaired) electrons. The van der Waals surface area contributed by atoms with Gasteiger partial charge in [0.2, 0.25) is 11.8 Å². The van der Waals surface area contributed by atoms with Crippen LogP contribution < -0.4 is 20.3 Å². The van der Waals surface area contributed by atoms with E-state index in [9.17, 15) is 9.59 Å². The minimum absolute atomic E-state index is 0.0138. The number of nitrogens with two attached hydrogens (primary N) is 1. The molecule has 1 unspecified atom stereocenters. The summed E-state index contributed by atoms with van der Waals surface area (Å²) in [4.78, 5) is 28.4. The van der Waals surface area contributed by atoms with Gasteiger partial charge >= 0.3 is 0 Å². The molecule has 28 heavy (non-hydrogen) atoms. The Bertz CT molecular complexity index is 835. The lowest BCUT2D eigenvalue weighted by molar-refractivity contribution is -0.119. The summed E-state index contributed by atoms with van der Waals surface area (Å²) in [6.07, 6.45) is 2.10. The minimum atomic E-state index is -0.386. The Kier molecular flexibility index (Phi) is 6.19. The molecule has 0 aromatic heterocycles. The van der Waals surface area contributed by atoms with E-state index in [0.29, 0.717) is 6.54 Å². The van der Waals surface area contributed by atoms with Gasteiger partial charge in [-0.1, -0.05) is 18.2 Å². The molecule has 0 spiro atoms. The standard InChI is InChI=1S/C22H27N3O3/c1-16-7-8-17-5-3-4-6-20(17)25(16)22(27)15-24(14-13-21(23)26)18-9-11-19(28-2)12-10-18/h3-6,9-12,16H,7-8,13-15H2,1-2H3,(H2,23,26). The number of anilines is 2. The van der Waals surface area contributed by atoms with E-state index in [-0.39, 0.29) is 30.8 Å². The minimum Gasteiger partial charge on any atom is -0.497 e. The van der Waals surface area contributed by atoms with Crippen molar-refractivity contribution in [2.24, 2.45) is 5.73 Å². The van der Waals surface area contributed by atoms with Crippen LogP contribution in [0.3, 0.4) is 0 Å². The van der Waals surface area contributed by atoms with Crippen molar-refractivity contribution in [3.05, 3.63) is 54.1 Å². The summed E-state index contributed by atoms with van der Waals surface area (Å²) in [5.41, 5.74) is 8.38. The largest absolute Gasteiger partial charge is 0.497 e. The number of aryl methyl sites for hydroxylation is 1. The van der Waals surface area contributed by atoms with Gasteiger partial charge in [-0.3, -0.25) is 9.59 Å². The van der Waals surface area contributed by atoms with Crippen LogP contribution in [-0.2, 0) is 16.0 Å². The number of hydrogen-bond acceptors (Lipinski definition) is 4. The van der Waals surface area contributed by atoms with E-state index >= 15 is 0 Å². The van der Waals surface area contributed by atoms with Crippen LogP contribution in [0.25, 0.3) is 0 Å². The van der Waals surface area contributed by atoms with Gasteiger partial charge in [0.1, 0.15) is 5.75 Å². The second-order valence-corrected chi connectivity index (χ2v) is 7.12. The Morgan fingerprint density at radius 3 is 2.57 bits per heavy atom. The van der Waals surface area contributed by atoms with Gasteiger partial charge in [0.05, 0.1) is 13.7 Å². The maximum absolute atomic E-state index is 13.3. The number of primary amides is 1. The van der Waals surface area contributed by atoms with E-state index in [2.05, 4.69) is 13.0 Å². The number of amides is 2. The van der Waals surface area contributed by atoms with Crippen LogP contribution in [0.5, 0.6) is 5.75 Å². The molecule has 6 heteroatoms. The maximum Gasteiger partial charge on any atom is 0.246 e. The first kappa shape index (κ1) is 19.7. The lowest BCUT2D eigenvalue weighted by Gasteiger charge is -2.37. The normalized spacial score (nSPS) is 15.6.